The predicted octanol–water partition coefficient (Wildman–Crippen LogP) is 6.85. The minimum atomic E-state index is -0.822. The van der Waals surface area contributed by atoms with Crippen molar-refractivity contribution < 1.29 is 9.47 Å². The van der Waals surface area contributed by atoms with Crippen LogP contribution in [0.1, 0.15) is 55.4 Å². The Bertz CT molecular complexity index is 1120. The lowest BCUT2D eigenvalue weighted by Gasteiger charge is -2.32. The molecule has 2 aliphatic heterocycles. The van der Waals surface area contributed by atoms with E-state index in [1.165, 1.54) is 0 Å². The molecule has 0 atom stereocenters. The molecule has 0 aromatic carbocycles. The van der Waals surface area contributed by atoms with Crippen LogP contribution in [0.15, 0.2) is 82.1 Å². The summed E-state index contributed by atoms with van der Waals surface area (Å²) in [6.45, 7) is 16.3. The van der Waals surface area contributed by atoms with Crippen LogP contribution in [0.3, 0.4) is 0 Å². The van der Waals surface area contributed by atoms with Gasteiger partial charge in [-0.2, -0.15) is 15.8 Å². The molecule has 0 radical (unpaired) electrons. The molecule has 0 unspecified atom stereocenters. The van der Waals surface area contributed by atoms with Gasteiger partial charge in [-0.3, -0.25) is 0 Å². The third-order valence-corrected chi connectivity index (χ3v) is 5.13. The van der Waals surface area contributed by atoms with E-state index in [4.69, 9.17) is 20.0 Å². The van der Waals surface area contributed by atoms with Crippen LogP contribution in [0, 0.1) is 44.8 Å². The van der Waals surface area contributed by atoms with Crippen LogP contribution >= 0.6 is 0 Å². The molecule has 0 fully saturated rings. The number of nitriles is 3. The van der Waals surface area contributed by atoms with Gasteiger partial charge in [0.1, 0.15) is 40.9 Å². The van der Waals surface area contributed by atoms with Crippen molar-refractivity contribution in [3.8, 4) is 18.2 Å². The van der Waals surface area contributed by atoms with Gasteiger partial charge in [0.05, 0.1) is 0 Å². The highest BCUT2D eigenvalue weighted by Crippen LogP contribution is 2.40. The summed E-state index contributed by atoms with van der Waals surface area (Å²) in [6, 6.07) is 5.67. The van der Waals surface area contributed by atoms with E-state index in [0.717, 1.165) is 17.1 Å². The van der Waals surface area contributed by atoms with E-state index < -0.39 is 5.60 Å². The van der Waals surface area contributed by atoms with Gasteiger partial charge in [-0.05, 0) is 31.6 Å². The largest absolute Gasteiger partial charge is 0.480 e. The summed E-state index contributed by atoms with van der Waals surface area (Å²) in [5.41, 5.74) is 0.623. The standard InChI is InChI=1S/C28H31N3O2/c1-26(2,3)23-14-19(15-24(32-23)27(4,5)6)12-10-9-11-13-22-21(18-31)25(20(16-29)17-30)33-28(22,7)8/h9-15H,1-8H3/b10-9+,13-11+. The first kappa shape index (κ1) is 25.5. The van der Waals surface area contributed by atoms with Crippen LogP contribution in [0.4, 0.5) is 0 Å². The van der Waals surface area contributed by atoms with Crippen LogP contribution in [-0.2, 0) is 9.47 Å². The summed E-state index contributed by atoms with van der Waals surface area (Å²) in [4.78, 5) is 0. The van der Waals surface area contributed by atoms with Crippen LogP contribution in [0.2, 0.25) is 0 Å². The molecule has 0 saturated carbocycles. The smallest absolute Gasteiger partial charge is 0.172 e. The lowest BCUT2D eigenvalue weighted by Crippen LogP contribution is -2.21. The Morgan fingerprint density at radius 2 is 1.42 bits per heavy atom. The van der Waals surface area contributed by atoms with Crippen LogP contribution in [0.5, 0.6) is 0 Å². The lowest BCUT2D eigenvalue weighted by atomic mass is 9.87. The first-order valence-corrected chi connectivity index (χ1v) is 10.8. The number of nitrogens with zero attached hydrogens (tertiary/aromatic N) is 3. The van der Waals surface area contributed by atoms with Crippen molar-refractivity contribution in [3.63, 3.8) is 0 Å². The second kappa shape index (κ2) is 9.40. The SMILES string of the molecule is CC(C)(C)C1=CC(=C/C=C/C=C/C2=C(C#N)C(=C(C#N)C#N)OC2(C)C)C=C(C(C)(C)C)O1. The van der Waals surface area contributed by atoms with Gasteiger partial charge >= 0.3 is 0 Å². The van der Waals surface area contributed by atoms with E-state index >= 15 is 0 Å². The molecular formula is C28H31N3O2. The van der Waals surface area contributed by atoms with E-state index in [1.54, 1.807) is 32.1 Å². The molecule has 0 aromatic rings. The second-order valence-electron chi connectivity index (χ2n) is 10.5. The molecule has 0 bridgehead atoms. The molecular weight excluding hydrogens is 410 g/mol. The first-order valence-electron chi connectivity index (χ1n) is 10.8. The quantitative estimate of drug-likeness (QED) is 0.353. The molecule has 2 heterocycles. The molecule has 2 rings (SSSR count). The lowest BCUT2D eigenvalue weighted by molar-refractivity contribution is 0.0954. The Labute approximate surface area is 197 Å². The van der Waals surface area contributed by atoms with Crippen molar-refractivity contribution in [1.29, 1.82) is 15.8 Å². The number of rotatable bonds is 3. The summed E-state index contributed by atoms with van der Waals surface area (Å²) < 4.78 is 11.9. The summed E-state index contributed by atoms with van der Waals surface area (Å²) in [5.74, 6) is 1.88. The van der Waals surface area contributed by atoms with E-state index in [0.29, 0.717) is 5.57 Å². The van der Waals surface area contributed by atoms with E-state index in [-0.39, 0.29) is 27.7 Å². The monoisotopic (exact) mass is 441 g/mol. The number of allylic oxidation sites excluding steroid dienone is 11. The number of hydrogen-bond acceptors (Lipinski definition) is 5. The van der Waals surface area contributed by atoms with Crippen LogP contribution < -0.4 is 0 Å². The second-order valence-corrected chi connectivity index (χ2v) is 10.5. The van der Waals surface area contributed by atoms with E-state index in [2.05, 4.69) is 59.8 Å². The van der Waals surface area contributed by atoms with Crippen molar-refractivity contribution in [3.05, 3.63) is 82.1 Å². The summed E-state index contributed by atoms with van der Waals surface area (Å²) >= 11 is 0. The van der Waals surface area contributed by atoms with Gasteiger partial charge in [0.25, 0.3) is 0 Å². The van der Waals surface area contributed by atoms with Gasteiger partial charge in [0, 0.05) is 16.4 Å². The highest BCUT2D eigenvalue weighted by molar-refractivity contribution is 5.60. The third kappa shape index (κ3) is 5.94. The average molecular weight is 442 g/mol. The Morgan fingerprint density at radius 1 is 0.879 bits per heavy atom. The number of hydrogen-bond donors (Lipinski definition) is 0. The minimum absolute atomic E-state index is 0.0418. The van der Waals surface area contributed by atoms with Crippen LogP contribution in [0.25, 0.3) is 0 Å². The maximum Gasteiger partial charge on any atom is 0.172 e. The maximum absolute atomic E-state index is 9.61. The molecule has 0 aliphatic carbocycles. The van der Waals surface area contributed by atoms with Crippen molar-refractivity contribution >= 4 is 0 Å². The van der Waals surface area contributed by atoms with Gasteiger partial charge in [-0.25, -0.2) is 0 Å². The summed E-state index contributed by atoms with van der Waals surface area (Å²) in [7, 11) is 0. The fourth-order valence-corrected chi connectivity index (χ4v) is 3.22. The first-order chi connectivity index (χ1) is 15.2. The van der Waals surface area contributed by atoms with Gasteiger partial charge in [0.2, 0.25) is 0 Å². The Hall–Kier alpha value is -3.75. The number of ether oxygens (including phenoxy) is 2. The molecule has 33 heavy (non-hydrogen) atoms. The summed E-state index contributed by atoms with van der Waals surface area (Å²) in [6.07, 6.45) is 13.5. The molecule has 0 N–H and O–H groups in total. The maximum atomic E-state index is 9.61. The van der Waals surface area contributed by atoms with Crippen molar-refractivity contribution in [2.24, 2.45) is 10.8 Å². The van der Waals surface area contributed by atoms with E-state index in [9.17, 15) is 5.26 Å². The molecule has 0 saturated heterocycles. The fourth-order valence-electron chi connectivity index (χ4n) is 3.22. The normalized spacial score (nSPS) is 18.2. The zero-order valence-corrected chi connectivity index (χ0v) is 20.7. The van der Waals surface area contributed by atoms with Gasteiger partial charge in [0.15, 0.2) is 11.3 Å². The molecule has 0 aromatic heterocycles. The highest BCUT2D eigenvalue weighted by atomic mass is 16.5. The predicted molar refractivity (Wildman–Crippen MR) is 129 cm³/mol. The van der Waals surface area contributed by atoms with Gasteiger partial charge in [-0.15, -0.1) is 0 Å². The van der Waals surface area contributed by atoms with Crippen molar-refractivity contribution in [2.75, 3.05) is 0 Å². The molecule has 2 aliphatic rings. The van der Waals surface area contributed by atoms with Crippen molar-refractivity contribution in [2.45, 2.75) is 61.0 Å². The highest BCUT2D eigenvalue weighted by Gasteiger charge is 2.38. The molecule has 0 amide bonds. The third-order valence-electron chi connectivity index (χ3n) is 5.13. The Kier molecular flexibility index (Phi) is 7.26. The minimum Gasteiger partial charge on any atom is -0.480 e. The molecule has 5 heteroatoms. The topological polar surface area (TPSA) is 89.8 Å². The van der Waals surface area contributed by atoms with Crippen LogP contribution in [-0.4, -0.2) is 5.60 Å². The zero-order valence-electron chi connectivity index (χ0n) is 20.7. The average Bonchev–Trinajstić information content (AvgIpc) is 2.97. The molecule has 5 nitrogen and oxygen atoms in total. The summed E-state index contributed by atoms with van der Waals surface area (Å²) in [5, 5.41) is 27.9. The Morgan fingerprint density at radius 3 is 1.88 bits per heavy atom. The van der Waals surface area contributed by atoms with Gasteiger partial charge < -0.3 is 9.47 Å². The zero-order chi connectivity index (χ0) is 25.0. The Balaban J connectivity index is 2.38. The fraction of sp³-hybridized carbons (Fsp3) is 0.393. The molecule has 170 valence electrons. The van der Waals surface area contributed by atoms with E-state index in [1.807, 2.05) is 24.3 Å². The van der Waals surface area contributed by atoms with Crippen molar-refractivity contribution in [1.82, 2.24) is 0 Å². The molecule has 0 spiro atoms. The van der Waals surface area contributed by atoms with Gasteiger partial charge in [-0.1, -0.05) is 71.9 Å².